The molecule has 0 radical (unpaired) electrons. The smallest absolute Gasteiger partial charge is 0.232 e. The first kappa shape index (κ1) is 17.5. The fourth-order valence-corrected chi connectivity index (χ4v) is 3.44. The van der Waals surface area contributed by atoms with E-state index in [9.17, 15) is 0 Å². The Bertz CT molecular complexity index is 730. The van der Waals surface area contributed by atoms with Crippen LogP contribution >= 0.6 is 0 Å². The molecule has 2 heteroatoms. The Labute approximate surface area is 151 Å². The molecule has 0 aliphatic heterocycles. The number of hydrogen-bond donors (Lipinski definition) is 0. The van der Waals surface area contributed by atoms with E-state index in [-0.39, 0.29) is 11.1 Å². The summed E-state index contributed by atoms with van der Waals surface area (Å²) in [4.78, 5) is 0. The average Bonchev–Trinajstić information content (AvgIpc) is 3.08. The van der Waals surface area contributed by atoms with E-state index >= 15 is 0 Å². The molecule has 0 spiro atoms. The van der Waals surface area contributed by atoms with Crippen molar-refractivity contribution < 1.29 is 4.57 Å². The summed E-state index contributed by atoms with van der Waals surface area (Å²) >= 11 is 0. The summed E-state index contributed by atoms with van der Waals surface area (Å²) in [5, 5.41) is 0. The van der Waals surface area contributed by atoms with Crippen LogP contribution in [0.4, 0.5) is 0 Å². The summed E-state index contributed by atoms with van der Waals surface area (Å²) in [5.41, 5.74) is 2.82. The van der Waals surface area contributed by atoms with Gasteiger partial charge in [0.05, 0.1) is 0 Å². The van der Waals surface area contributed by atoms with Crippen LogP contribution in [0.15, 0.2) is 79.4 Å². The van der Waals surface area contributed by atoms with Crippen LogP contribution in [0.2, 0.25) is 0 Å². The van der Waals surface area contributed by atoms with Crippen LogP contribution in [0.1, 0.15) is 38.8 Å². The predicted octanol–water partition coefficient (Wildman–Crippen LogP) is 4.73. The summed E-state index contributed by atoms with van der Waals surface area (Å²) in [6.45, 7) is 9.20. The van der Waals surface area contributed by atoms with Crippen LogP contribution in [-0.2, 0) is 23.9 Å². The summed E-state index contributed by atoms with van der Waals surface area (Å²) in [7, 11) is 0. The Balaban J connectivity index is 1.79. The third kappa shape index (κ3) is 4.19. The highest BCUT2D eigenvalue weighted by molar-refractivity contribution is 5.17. The van der Waals surface area contributed by atoms with Crippen molar-refractivity contribution in [3.05, 3.63) is 90.5 Å². The molecule has 0 saturated carbocycles. The first-order chi connectivity index (χ1) is 11.9. The maximum atomic E-state index is 2.34. The SMILES string of the molecule is CC(C)(Cc1ccccc1)n1cc[n+](C(C)(C)Cc2ccccc2)c1. The van der Waals surface area contributed by atoms with E-state index in [0.29, 0.717) is 0 Å². The van der Waals surface area contributed by atoms with Gasteiger partial charge in [0.15, 0.2) is 0 Å². The second-order valence-corrected chi connectivity index (χ2v) is 8.18. The fraction of sp³-hybridized carbons (Fsp3) is 0.348. The Kier molecular flexibility index (Phi) is 4.80. The van der Waals surface area contributed by atoms with Gasteiger partial charge in [0.1, 0.15) is 23.5 Å². The zero-order valence-corrected chi connectivity index (χ0v) is 15.8. The van der Waals surface area contributed by atoms with Gasteiger partial charge in [-0.3, -0.25) is 0 Å². The minimum atomic E-state index is 0.0371. The topological polar surface area (TPSA) is 8.81 Å². The number of hydrogen-bond acceptors (Lipinski definition) is 0. The van der Waals surface area contributed by atoms with Crippen LogP contribution in [0, 0.1) is 0 Å². The van der Waals surface area contributed by atoms with Crippen LogP contribution in [0.3, 0.4) is 0 Å². The van der Waals surface area contributed by atoms with Crippen molar-refractivity contribution in [3.63, 3.8) is 0 Å². The lowest BCUT2D eigenvalue weighted by Gasteiger charge is -2.23. The summed E-state index contributed by atoms with van der Waals surface area (Å²) < 4.78 is 4.68. The van der Waals surface area contributed by atoms with Gasteiger partial charge in [-0.1, -0.05) is 60.7 Å². The van der Waals surface area contributed by atoms with Gasteiger partial charge in [0, 0.05) is 12.8 Å². The number of nitrogens with zero attached hydrogens (tertiary/aromatic N) is 2. The van der Waals surface area contributed by atoms with Crippen molar-refractivity contribution in [1.29, 1.82) is 0 Å². The van der Waals surface area contributed by atoms with E-state index in [0.717, 1.165) is 12.8 Å². The van der Waals surface area contributed by atoms with Gasteiger partial charge in [0.2, 0.25) is 6.33 Å². The number of rotatable bonds is 6. The lowest BCUT2D eigenvalue weighted by molar-refractivity contribution is -0.757. The third-order valence-electron chi connectivity index (χ3n) is 4.99. The van der Waals surface area contributed by atoms with Gasteiger partial charge in [-0.25, -0.2) is 9.13 Å². The molecule has 3 aromatic rings. The van der Waals surface area contributed by atoms with E-state index in [4.69, 9.17) is 0 Å². The molecule has 130 valence electrons. The monoisotopic (exact) mass is 333 g/mol. The average molecular weight is 333 g/mol. The third-order valence-corrected chi connectivity index (χ3v) is 4.99. The highest BCUT2D eigenvalue weighted by Gasteiger charge is 2.31. The minimum Gasteiger partial charge on any atom is -0.232 e. The Morgan fingerprint density at radius 1 is 0.760 bits per heavy atom. The van der Waals surface area contributed by atoms with Crippen molar-refractivity contribution in [2.24, 2.45) is 0 Å². The first-order valence-corrected chi connectivity index (χ1v) is 9.05. The number of benzene rings is 2. The predicted molar refractivity (Wildman–Crippen MR) is 104 cm³/mol. The molecule has 2 aromatic carbocycles. The van der Waals surface area contributed by atoms with Gasteiger partial charge in [-0.2, -0.15) is 0 Å². The van der Waals surface area contributed by atoms with Crippen LogP contribution in [-0.4, -0.2) is 4.57 Å². The van der Waals surface area contributed by atoms with Crippen molar-refractivity contribution >= 4 is 0 Å². The Morgan fingerprint density at radius 2 is 1.28 bits per heavy atom. The molecule has 0 amide bonds. The lowest BCUT2D eigenvalue weighted by atomic mass is 9.94. The van der Waals surface area contributed by atoms with Gasteiger partial charge in [-0.15, -0.1) is 0 Å². The molecule has 0 aliphatic rings. The van der Waals surface area contributed by atoms with Crippen LogP contribution < -0.4 is 4.57 Å². The van der Waals surface area contributed by atoms with Crippen LogP contribution in [0.5, 0.6) is 0 Å². The summed E-state index contributed by atoms with van der Waals surface area (Å²) in [5.74, 6) is 0. The largest absolute Gasteiger partial charge is 0.244 e. The van der Waals surface area contributed by atoms with E-state index in [1.54, 1.807) is 0 Å². The molecule has 0 saturated heterocycles. The zero-order valence-electron chi connectivity index (χ0n) is 15.8. The molecule has 25 heavy (non-hydrogen) atoms. The molecule has 3 rings (SSSR count). The Morgan fingerprint density at radius 3 is 1.84 bits per heavy atom. The molecule has 0 atom stereocenters. The molecular formula is C23H29N2+. The molecule has 0 bridgehead atoms. The molecule has 0 N–H and O–H groups in total. The highest BCUT2D eigenvalue weighted by atomic mass is 15.2. The van der Waals surface area contributed by atoms with Gasteiger partial charge in [0.25, 0.3) is 0 Å². The quantitative estimate of drug-likeness (QED) is 0.577. The summed E-state index contributed by atoms with van der Waals surface area (Å²) in [6.07, 6.45) is 8.69. The normalized spacial score (nSPS) is 12.3. The standard InChI is InChI=1S/C23H29N2/c1-22(2,17-20-11-7-5-8-12-20)24-15-16-25(19-24)23(3,4)18-21-13-9-6-10-14-21/h5-16,19H,17-18H2,1-4H3/q+1. The van der Waals surface area contributed by atoms with E-state index in [1.807, 2.05) is 0 Å². The van der Waals surface area contributed by atoms with Crippen molar-refractivity contribution in [1.82, 2.24) is 4.57 Å². The second-order valence-electron chi connectivity index (χ2n) is 8.18. The van der Waals surface area contributed by atoms with Gasteiger partial charge < -0.3 is 0 Å². The maximum Gasteiger partial charge on any atom is 0.244 e. The fourth-order valence-electron chi connectivity index (χ4n) is 3.44. The molecule has 1 heterocycles. The molecule has 2 nitrogen and oxygen atoms in total. The van der Waals surface area contributed by atoms with Crippen LogP contribution in [0.25, 0.3) is 0 Å². The first-order valence-electron chi connectivity index (χ1n) is 9.05. The van der Waals surface area contributed by atoms with Crippen molar-refractivity contribution in [2.75, 3.05) is 0 Å². The molecule has 0 unspecified atom stereocenters. The second kappa shape index (κ2) is 6.87. The van der Waals surface area contributed by atoms with E-state index in [1.165, 1.54) is 11.1 Å². The van der Waals surface area contributed by atoms with Gasteiger partial charge in [-0.05, 0) is 38.8 Å². The summed E-state index contributed by atoms with van der Waals surface area (Å²) in [6, 6.07) is 21.4. The zero-order chi connectivity index (χ0) is 17.9. The Hall–Kier alpha value is -2.35. The molecular weight excluding hydrogens is 304 g/mol. The van der Waals surface area contributed by atoms with E-state index in [2.05, 4.69) is 116 Å². The maximum absolute atomic E-state index is 2.34. The molecule has 1 aromatic heterocycles. The van der Waals surface area contributed by atoms with Gasteiger partial charge >= 0.3 is 0 Å². The number of aromatic nitrogens is 2. The van der Waals surface area contributed by atoms with Crippen molar-refractivity contribution in [3.8, 4) is 0 Å². The minimum absolute atomic E-state index is 0.0371. The highest BCUT2D eigenvalue weighted by Crippen LogP contribution is 2.22. The number of imidazole rings is 1. The lowest BCUT2D eigenvalue weighted by Crippen LogP contribution is -2.52. The molecule has 0 fully saturated rings. The van der Waals surface area contributed by atoms with Crippen molar-refractivity contribution in [2.45, 2.75) is 51.6 Å². The molecule has 0 aliphatic carbocycles. The van der Waals surface area contributed by atoms with E-state index < -0.39 is 0 Å².